The molecule has 1 N–H and O–H groups in total. The first kappa shape index (κ1) is 17.6. The summed E-state index contributed by atoms with van der Waals surface area (Å²) in [4.78, 5) is 13.9. The van der Waals surface area contributed by atoms with Crippen molar-refractivity contribution in [3.63, 3.8) is 0 Å². The average molecular weight is 383 g/mol. The molecule has 1 aromatic heterocycles. The fourth-order valence-electron chi connectivity index (χ4n) is 3.95. The number of nitrogens with one attached hydrogen (secondary N) is 1. The maximum Gasteiger partial charge on any atom is 0.161 e. The van der Waals surface area contributed by atoms with Gasteiger partial charge in [-0.3, -0.25) is 15.1 Å². The van der Waals surface area contributed by atoms with E-state index in [4.69, 9.17) is 5.41 Å². The number of anilines is 1. The summed E-state index contributed by atoms with van der Waals surface area (Å²) in [6.45, 7) is 0. The van der Waals surface area contributed by atoms with E-state index in [0.717, 1.165) is 22.6 Å². The lowest BCUT2D eigenvalue weighted by Gasteiger charge is -2.42. The summed E-state index contributed by atoms with van der Waals surface area (Å²) >= 11 is 1.44. The zero-order chi connectivity index (χ0) is 19.1. The molecule has 2 aliphatic rings. The molecule has 1 aromatic carbocycles. The summed E-state index contributed by atoms with van der Waals surface area (Å²) in [5, 5.41) is 22.1. The Morgan fingerprint density at radius 3 is 2.59 bits per heavy atom. The van der Waals surface area contributed by atoms with E-state index in [1.54, 1.807) is 0 Å². The maximum absolute atomic E-state index is 14.5. The first-order chi connectivity index (χ1) is 13.0. The smallest absolute Gasteiger partial charge is 0.161 e. The fraction of sp³-hybridized carbons (Fsp3) is 0.250. The van der Waals surface area contributed by atoms with Gasteiger partial charge in [-0.1, -0.05) is 6.07 Å². The summed E-state index contributed by atoms with van der Waals surface area (Å²) in [7, 11) is 0. The molecule has 7 heteroatoms. The lowest BCUT2D eigenvalue weighted by Crippen LogP contribution is -2.46. The van der Waals surface area contributed by atoms with E-state index in [2.05, 4.69) is 6.07 Å². The number of hydrogen-bond acceptors (Lipinski definition) is 4. The number of allylic oxidation sites excluding steroid dienone is 2. The van der Waals surface area contributed by atoms with Gasteiger partial charge in [0.15, 0.2) is 5.78 Å². The van der Waals surface area contributed by atoms with E-state index in [0.29, 0.717) is 30.5 Å². The van der Waals surface area contributed by atoms with Crippen molar-refractivity contribution in [3.8, 4) is 6.07 Å². The van der Waals surface area contributed by atoms with E-state index in [1.807, 2.05) is 16.8 Å². The lowest BCUT2D eigenvalue weighted by atomic mass is 9.72. The molecule has 1 aliphatic heterocycles. The van der Waals surface area contributed by atoms with Crippen molar-refractivity contribution in [2.75, 3.05) is 4.90 Å². The molecule has 0 amide bonds. The Kier molecular flexibility index (Phi) is 4.36. The number of carbonyl (C=O) groups excluding carboxylic acids is 1. The third kappa shape index (κ3) is 2.68. The molecule has 0 saturated heterocycles. The van der Waals surface area contributed by atoms with Crippen LogP contribution in [0.3, 0.4) is 0 Å². The van der Waals surface area contributed by atoms with Crippen molar-refractivity contribution in [2.24, 2.45) is 5.92 Å². The zero-order valence-corrected chi connectivity index (χ0v) is 15.0. The first-order valence-electron chi connectivity index (χ1n) is 8.55. The number of Topliss-reactive ketones (excluding diaryl/α,β-unsaturated/α-hetero) is 1. The van der Waals surface area contributed by atoms with Crippen molar-refractivity contribution in [3.05, 3.63) is 63.5 Å². The molecule has 1 aliphatic carbocycles. The molecule has 136 valence electrons. The van der Waals surface area contributed by atoms with Crippen LogP contribution in [0.1, 0.15) is 30.7 Å². The Bertz CT molecular complexity index is 986. The molecule has 0 radical (unpaired) electrons. The van der Waals surface area contributed by atoms with Crippen molar-refractivity contribution in [1.82, 2.24) is 0 Å². The van der Waals surface area contributed by atoms with Crippen LogP contribution in [0.4, 0.5) is 14.5 Å². The van der Waals surface area contributed by atoms with Gasteiger partial charge >= 0.3 is 0 Å². The minimum Gasteiger partial charge on any atom is -0.296 e. The van der Waals surface area contributed by atoms with Gasteiger partial charge in [-0.15, -0.1) is 0 Å². The number of benzene rings is 1. The predicted octanol–water partition coefficient (Wildman–Crippen LogP) is 4.75. The highest BCUT2D eigenvalue weighted by Crippen LogP contribution is 2.47. The number of carbonyl (C=O) groups is 1. The molecule has 27 heavy (non-hydrogen) atoms. The number of nitrogens with zero attached hydrogens (tertiary/aromatic N) is 2. The SMILES string of the molecule is N#CC1C(=N)N(c2c(F)cccc2F)C2=C(C(=O)CCC2)C1c1ccsc1. The summed E-state index contributed by atoms with van der Waals surface area (Å²) in [6.07, 6.45) is 1.31. The van der Waals surface area contributed by atoms with Crippen LogP contribution in [0.2, 0.25) is 0 Å². The van der Waals surface area contributed by atoms with Crippen LogP contribution in [0.25, 0.3) is 0 Å². The van der Waals surface area contributed by atoms with Gasteiger partial charge in [0.2, 0.25) is 0 Å². The van der Waals surface area contributed by atoms with Crippen LogP contribution in [0.5, 0.6) is 0 Å². The topological polar surface area (TPSA) is 68.0 Å². The molecule has 0 saturated carbocycles. The second kappa shape index (κ2) is 6.71. The van der Waals surface area contributed by atoms with Crippen molar-refractivity contribution >= 4 is 28.6 Å². The second-order valence-electron chi connectivity index (χ2n) is 6.57. The lowest BCUT2D eigenvalue weighted by molar-refractivity contribution is -0.116. The third-order valence-electron chi connectivity index (χ3n) is 5.08. The minimum atomic E-state index is -1.00. The standard InChI is InChI=1S/C20H15F2N3OS/c21-13-3-1-4-14(22)19(13)25-15-5-2-6-16(26)18(15)17(11-7-8-27-10-11)12(9-23)20(25)24/h1,3-4,7-8,10,12,17,24H,2,5-6H2. The number of nitriles is 1. The summed E-state index contributed by atoms with van der Waals surface area (Å²) in [5.41, 5.74) is 1.23. The maximum atomic E-state index is 14.5. The summed E-state index contributed by atoms with van der Waals surface area (Å²) in [5.74, 6) is -3.55. The van der Waals surface area contributed by atoms with E-state index in [1.165, 1.54) is 17.4 Å². The van der Waals surface area contributed by atoms with Crippen LogP contribution in [0, 0.1) is 34.3 Å². The molecule has 2 aromatic rings. The number of para-hydroxylation sites is 1. The Balaban J connectivity index is 2.00. The van der Waals surface area contributed by atoms with Gasteiger partial charge in [-0.2, -0.15) is 16.6 Å². The molecule has 4 rings (SSSR count). The first-order valence-corrected chi connectivity index (χ1v) is 9.49. The molecule has 0 bridgehead atoms. The Morgan fingerprint density at radius 1 is 1.22 bits per heavy atom. The number of halogens is 2. The van der Waals surface area contributed by atoms with Gasteiger partial charge in [-0.05, 0) is 47.4 Å². The predicted molar refractivity (Wildman–Crippen MR) is 98.6 cm³/mol. The number of amidine groups is 1. The second-order valence-corrected chi connectivity index (χ2v) is 7.35. The summed E-state index contributed by atoms with van der Waals surface area (Å²) < 4.78 is 29.0. The molecular weight excluding hydrogens is 368 g/mol. The van der Waals surface area contributed by atoms with Gasteiger partial charge in [0.25, 0.3) is 0 Å². The average Bonchev–Trinajstić information content (AvgIpc) is 3.17. The van der Waals surface area contributed by atoms with Crippen LogP contribution in [-0.2, 0) is 4.79 Å². The van der Waals surface area contributed by atoms with Crippen molar-refractivity contribution < 1.29 is 13.6 Å². The fourth-order valence-corrected chi connectivity index (χ4v) is 4.64. The molecule has 2 unspecified atom stereocenters. The van der Waals surface area contributed by atoms with Crippen molar-refractivity contribution in [1.29, 1.82) is 10.7 Å². The number of ketones is 1. The Labute approximate surface area is 158 Å². The van der Waals surface area contributed by atoms with Crippen LogP contribution in [0.15, 0.2) is 46.3 Å². The molecular formula is C20H15F2N3OS. The third-order valence-corrected chi connectivity index (χ3v) is 5.78. The quantitative estimate of drug-likeness (QED) is 0.813. The molecule has 0 spiro atoms. The monoisotopic (exact) mass is 383 g/mol. The van der Waals surface area contributed by atoms with E-state index < -0.39 is 29.2 Å². The van der Waals surface area contributed by atoms with E-state index in [-0.39, 0.29) is 11.6 Å². The van der Waals surface area contributed by atoms with Gasteiger partial charge < -0.3 is 0 Å². The normalized spacial score (nSPS) is 22.6. The highest BCUT2D eigenvalue weighted by atomic mass is 32.1. The molecule has 4 nitrogen and oxygen atoms in total. The van der Waals surface area contributed by atoms with Gasteiger partial charge in [-0.25, -0.2) is 8.78 Å². The number of thiophene rings is 1. The molecule has 0 fully saturated rings. The van der Waals surface area contributed by atoms with Crippen molar-refractivity contribution in [2.45, 2.75) is 25.2 Å². The number of rotatable bonds is 2. The van der Waals surface area contributed by atoms with Gasteiger partial charge in [0, 0.05) is 23.6 Å². The largest absolute Gasteiger partial charge is 0.296 e. The minimum absolute atomic E-state index is 0.123. The highest BCUT2D eigenvalue weighted by molar-refractivity contribution is 7.08. The van der Waals surface area contributed by atoms with Crippen LogP contribution < -0.4 is 4.90 Å². The molecule has 2 atom stereocenters. The van der Waals surface area contributed by atoms with E-state index >= 15 is 0 Å². The molecule has 2 heterocycles. The Hall–Kier alpha value is -2.85. The summed E-state index contributed by atoms with van der Waals surface area (Å²) in [6, 6.07) is 7.40. The number of hydrogen-bond donors (Lipinski definition) is 1. The van der Waals surface area contributed by atoms with E-state index in [9.17, 15) is 18.8 Å². The van der Waals surface area contributed by atoms with Gasteiger partial charge in [0.1, 0.15) is 29.1 Å². The van der Waals surface area contributed by atoms with Crippen LogP contribution in [-0.4, -0.2) is 11.6 Å². The van der Waals surface area contributed by atoms with Crippen LogP contribution >= 0.6 is 11.3 Å². The Morgan fingerprint density at radius 2 is 1.96 bits per heavy atom. The van der Waals surface area contributed by atoms with Gasteiger partial charge in [0.05, 0.1) is 6.07 Å². The highest BCUT2D eigenvalue weighted by Gasteiger charge is 2.45. The zero-order valence-electron chi connectivity index (χ0n) is 14.2.